The minimum atomic E-state index is -3.56. The summed E-state index contributed by atoms with van der Waals surface area (Å²) in [5, 5.41) is -0.0245. The summed E-state index contributed by atoms with van der Waals surface area (Å²) in [5.74, 6) is 0.637. The predicted molar refractivity (Wildman–Crippen MR) is 73.7 cm³/mol. The van der Waals surface area contributed by atoms with E-state index in [0.717, 1.165) is 0 Å². The molecule has 1 saturated heterocycles. The van der Waals surface area contributed by atoms with E-state index in [4.69, 9.17) is 16.0 Å². The number of halogens is 1. The van der Waals surface area contributed by atoms with Gasteiger partial charge < -0.3 is 4.42 Å². The van der Waals surface area contributed by atoms with E-state index in [1.54, 1.807) is 6.07 Å². The van der Waals surface area contributed by atoms with Crippen LogP contribution in [0.5, 0.6) is 0 Å². The molecule has 7 heteroatoms. The molecule has 1 aromatic heterocycles. The van der Waals surface area contributed by atoms with Gasteiger partial charge in [-0.3, -0.25) is 4.90 Å². The van der Waals surface area contributed by atoms with Crippen LogP contribution in [0.2, 0.25) is 0 Å². The standard InChI is InChI=1S/C12H19ClN2O3S/c1-12(2)9-15(7-6-14(12)3)19(16,17)11-5-4-10(8-13)18-11/h4-5H,6-9H2,1-3H3. The average molecular weight is 307 g/mol. The molecule has 0 atom stereocenters. The van der Waals surface area contributed by atoms with Crippen LogP contribution in [-0.4, -0.2) is 49.8 Å². The van der Waals surface area contributed by atoms with Crippen molar-refractivity contribution in [3.8, 4) is 0 Å². The highest BCUT2D eigenvalue weighted by Crippen LogP contribution is 2.26. The number of sulfonamides is 1. The van der Waals surface area contributed by atoms with Gasteiger partial charge in [-0.25, -0.2) is 8.42 Å². The monoisotopic (exact) mass is 306 g/mol. The fourth-order valence-corrected chi connectivity index (χ4v) is 3.76. The zero-order valence-corrected chi connectivity index (χ0v) is 13.0. The number of hydrogen-bond acceptors (Lipinski definition) is 4. The number of rotatable bonds is 3. The molecule has 0 radical (unpaired) electrons. The van der Waals surface area contributed by atoms with Crippen LogP contribution < -0.4 is 0 Å². The maximum Gasteiger partial charge on any atom is 0.276 e. The quantitative estimate of drug-likeness (QED) is 0.798. The SMILES string of the molecule is CN1CCN(S(=O)(=O)c2ccc(CCl)o2)CC1(C)C. The van der Waals surface area contributed by atoms with Gasteiger partial charge in [0.25, 0.3) is 10.0 Å². The zero-order chi connectivity index (χ0) is 14.3. The molecular formula is C12H19ClN2O3S. The maximum atomic E-state index is 12.5. The Morgan fingerprint density at radius 1 is 1.37 bits per heavy atom. The van der Waals surface area contributed by atoms with Crippen molar-refractivity contribution >= 4 is 21.6 Å². The summed E-state index contributed by atoms with van der Waals surface area (Å²) in [4.78, 5) is 2.16. The molecule has 1 aromatic rings. The third-order valence-electron chi connectivity index (χ3n) is 3.64. The van der Waals surface area contributed by atoms with Crippen LogP contribution in [0.25, 0.3) is 0 Å². The van der Waals surface area contributed by atoms with Gasteiger partial charge in [-0.15, -0.1) is 11.6 Å². The van der Waals surface area contributed by atoms with E-state index in [1.165, 1.54) is 10.4 Å². The Balaban J connectivity index is 2.25. The van der Waals surface area contributed by atoms with Crippen LogP contribution in [0.4, 0.5) is 0 Å². The van der Waals surface area contributed by atoms with Crippen molar-refractivity contribution in [1.29, 1.82) is 0 Å². The van der Waals surface area contributed by atoms with Crippen LogP contribution >= 0.6 is 11.6 Å². The van der Waals surface area contributed by atoms with Gasteiger partial charge in [0.1, 0.15) is 5.76 Å². The van der Waals surface area contributed by atoms with Gasteiger partial charge >= 0.3 is 0 Å². The van der Waals surface area contributed by atoms with Crippen molar-refractivity contribution in [1.82, 2.24) is 9.21 Å². The molecule has 1 aliphatic heterocycles. The van der Waals surface area contributed by atoms with E-state index in [-0.39, 0.29) is 16.5 Å². The van der Waals surface area contributed by atoms with Gasteiger partial charge in [0.15, 0.2) is 0 Å². The van der Waals surface area contributed by atoms with Gasteiger partial charge in [0.2, 0.25) is 5.09 Å². The average Bonchev–Trinajstić information content (AvgIpc) is 2.81. The third kappa shape index (κ3) is 2.81. The molecule has 0 bridgehead atoms. The van der Waals surface area contributed by atoms with Gasteiger partial charge in [-0.1, -0.05) is 0 Å². The summed E-state index contributed by atoms with van der Waals surface area (Å²) < 4.78 is 31.7. The van der Waals surface area contributed by atoms with Crippen LogP contribution in [0.15, 0.2) is 21.6 Å². The molecule has 5 nitrogen and oxygen atoms in total. The first-order chi connectivity index (χ1) is 8.77. The second kappa shape index (κ2) is 5.09. The van der Waals surface area contributed by atoms with Gasteiger partial charge in [0.05, 0.1) is 5.88 Å². The zero-order valence-electron chi connectivity index (χ0n) is 11.4. The Morgan fingerprint density at radius 3 is 2.58 bits per heavy atom. The van der Waals surface area contributed by atoms with Crippen molar-refractivity contribution in [3.63, 3.8) is 0 Å². The van der Waals surface area contributed by atoms with Crippen LogP contribution in [0.1, 0.15) is 19.6 Å². The molecule has 19 heavy (non-hydrogen) atoms. The van der Waals surface area contributed by atoms with E-state index in [9.17, 15) is 8.42 Å². The minimum absolute atomic E-state index is 0.0245. The largest absolute Gasteiger partial charge is 0.447 e. The van der Waals surface area contributed by atoms with Gasteiger partial charge in [-0.05, 0) is 33.0 Å². The highest BCUT2D eigenvalue weighted by Gasteiger charge is 2.38. The molecule has 1 aliphatic rings. The van der Waals surface area contributed by atoms with Crippen molar-refractivity contribution < 1.29 is 12.8 Å². The summed E-state index contributed by atoms with van der Waals surface area (Å²) in [6.07, 6.45) is 0. The number of likely N-dealkylation sites (N-methyl/N-ethyl adjacent to an activating group) is 1. The lowest BCUT2D eigenvalue weighted by Gasteiger charge is -2.44. The normalized spacial score (nSPS) is 21.7. The Morgan fingerprint density at radius 2 is 2.05 bits per heavy atom. The topological polar surface area (TPSA) is 53.8 Å². The molecule has 2 rings (SSSR count). The summed E-state index contributed by atoms with van der Waals surface area (Å²) >= 11 is 5.63. The fraction of sp³-hybridized carbons (Fsp3) is 0.667. The number of hydrogen-bond donors (Lipinski definition) is 0. The Kier molecular flexibility index (Phi) is 3.97. The van der Waals surface area contributed by atoms with E-state index in [0.29, 0.717) is 25.4 Å². The second-order valence-electron chi connectivity index (χ2n) is 5.43. The Hall–Kier alpha value is -0.560. The summed E-state index contributed by atoms with van der Waals surface area (Å²) in [6, 6.07) is 3.07. The molecule has 0 aliphatic carbocycles. The van der Waals surface area contributed by atoms with Crippen molar-refractivity contribution in [2.45, 2.75) is 30.4 Å². The van der Waals surface area contributed by atoms with Crippen LogP contribution in [0, 0.1) is 0 Å². The highest BCUT2D eigenvalue weighted by molar-refractivity contribution is 7.89. The molecule has 2 heterocycles. The summed E-state index contributed by atoms with van der Waals surface area (Å²) in [7, 11) is -1.56. The lowest BCUT2D eigenvalue weighted by Crippen LogP contribution is -2.58. The number of nitrogens with zero attached hydrogens (tertiary/aromatic N) is 2. The number of furan rings is 1. The third-order valence-corrected chi connectivity index (χ3v) is 5.63. The number of alkyl halides is 1. The fourth-order valence-electron chi connectivity index (χ4n) is 2.10. The molecule has 0 saturated carbocycles. The molecular weight excluding hydrogens is 288 g/mol. The molecule has 0 unspecified atom stereocenters. The Labute approximate surface area is 119 Å². The lowest BCUT2D eigenvalue weighted by atomic mass is 10.0. The Bertz CT molecular complexity index is 553. The molecule has 108 valence electrons. The molecule has 0 N–H and O–H groups in total. The predicted octanol–water partition coefficient (Wildman–Crippen LogP) is 1.73. The molecule has 0 aromatic carbocycles. The first-order valence-corrected chi connectivity index (χ1v) is 8.11. The first kappa shape index (κ1) is 14.8. The minimum Gasteiger partial charge on any atom is -0.447 e. The van der Waals surface area contributed by atoms with E-state index in [2.05, 4.69) is 4.90 Å². The molecule has 0 amide bonds. The van der Waals surface area contributed by atoms with E-state index < -0.39 is 10.0 Å². The maximum absolute atomic E-state index is 12.5. The highest BCUT2D eigenvalue weighted by atomic mass is 35.5. The van der Waals surface area contributed by atoms with Crippen LogP contribution in [-0.2, 0) is 15.9 Å². The molecule has 0 spiro atoms. The lowest BCUT2D eigenvalue weighted by molar-refractivity contribution is 0.0793. The van der Waals surface area contributed by atoms with Gasteiger partial charge in [-0.2, -0.15) is 4.31 Å². The van der Waals surface area contributed by atoms with E-state index in [1.807, 2.05) is 20.9 Å². The van der Waals surface area contributed by atoms with Crippen molar-refractivity contribution in [2.75, 3.05) is 26.7 Å². The van der Waals surface area contributed by atoms with E-state index >= 15 is 0 Å². The number of piperazine rings is 1. The summed E-state index contributed by atoms with van der Waals surface area (Å²) in [6.45, 7) is 5.68. The van der Waals surface area contributed by atoms with Crippen molar-refractivity contribution in [2.24, 2.45) is 0 Å². The smallest absolute Gasteiger partial charge is 0.276 e. The first-order valence-electron chi connectivity index (χ1n) is 6.13. The van der Waals surface area contributed by atoms with Gasteiger partial charge in [0, 0.05) is 25.2 Å². The second-order valence-corrected chi connectivity index (χ2v) is 7.56. The van der Waals surface area contributed by atoms with Crippen molar-refractivity contribution in [3.05, 3.63) is 17.9 Å². The molecule has 1 fully saturated rings. The summed E-state index contributed by atoms with van der Waals surface area (Å²) in [5.41, 5.74) is -0.187. The van der Waals surface area contributed by atoms with Crippen LogP contribution in [0.3, 0.4) is 0 Å².